The summed E-state index contributed by atoms with van der Waals surface area (Å²) < 4.78 is 0. The highest BCUT2D eigenvalue weighted by Gasteiger charge is 2.25. The molecule has 2 aromatic rings. The molecule has 1 aliphatic rings. The van der Waals surface area contributed by atoms with Crippen molar-refractivity contribution in [1.29, 1.82) is 0 Å². The molecule has 120 valence electrons. The summed E-state index contributed by atoms with van der Waals surface area (Å²) in [6.07, 6.45) is 3.82. The van der Waals surface area contributed by atoms with Gasteiger partial charge in [0, 0.05) is 21.3 Å². The molecular weight excluding hydrogens is 324 g/mol. The number of carbonyl (C=O) groups excluding carboxylic acids is 1. The number of hydrogen-bond acceptors (Lipinski definition) is 4. The van der Waals surface area contributed by atoms with Crippen LogP contribution in [0, 0.1) is 0 Å². The second-order valence-electron chi connectivity index (χ2n) is 5.57. The van der Waals surface area contributed by atoms with Crippen LogP contribution in [0.2, 0.25) is 0 Å². The van der Waals surface area contributed by atoms with Crippen molar-refractivity contribution in [2.75, 3.05) is 11.5 Å². The molecule has 1 aliphatic carbocycles. The molecule has 0 amide bonds. The summed E-state index contributed by atoms with van der Waals surface area (Å²) in [5.41, 5.74) is 1.53. The normalized spacial score (nSPS) is 13.5. The zero-order valence-corrected chi connectivity index (χ0v) is 15.0. The summed E-state index contributed by atoms with van der Waals surface area (Å²) in [6, 6.07) is 7.91. The number of carbonyl (C=O) groups is 1. The van der Waals surface area contributed by atoms with E-state index in [0.29, 0.717) is 5.56 Å². The first-order valence-electron chi connectivity index (χ1n) is 7.98. The summed E-state index contributed by atoms with van der Waals surface area (Å²) in [5, 5.41) is 12.4. The molecule has 0 aliphatic heterocycles. The fourth-order valence-corrected chi connectivity index (χ4v) is 4.70. The van der Waals surface area contributed by atoms with Gasteiger partial charge < -0.3 is 5.11 Å². The smallest absolute Gasteiger partial charge is 0.191 e. The van der Waals surface area contributed by atoms with Gasteiger partial charge in [-0.05, 0) is 41.4 Å². The van der Waals surface area contributed by atoms with Gasteiger partial charge in [-0.25, -0.2) is 0 Å². The van der Waals surface area contributed by atoms with Crippen LogP contribution < -0.4 is 0 Å². The van der Waals surface area contributed by atoms with Crippen LogP contribution in [0.15, 0.2) is 35.2 Å². The molecule has 0 unspecified atom stereocenters. The highest BCUT2D eigenvalue weighted by Crippen LogP contribution is 2.44. The van der Waals surface area contributed by atoms with Crippen LogP contribution in [0.5, 0.6) is 5.75 Å². The number of phenolic OH excluding ortho intramolecular Hbond substituents is 1. The molecule has 0 fully saturated rings. The Morgan fingerprint density at radius 3 is 2.57 bits per heavy atom. The number of rotatable bonds is 6. The maximum absolute atomic E-state index is 12.5. The Morgan fingerprint density at radius 2 is 1.83 bits per heavy atom. The van der Waals surface area contributed by atoms with Crippen LogP contribution in [-0.4, -0.2) is 22.4 Å². The molecule has 0 spiro atoms. The molecule has 0 bridgehead atoms. The van der Waals surface area contributed by atoms with Crippen LogP contribution in [0.3, 0.4) is 0 Å². The Hall–Kier alpha value is -1.39. The Labute approximate surface area is 145 Å². The predicted molar refractivity (Wildman–Crippen MR) is 102 cm³/mol. The summed E-state index contributed by atoms with van der Waals surface area (Å²) in [5.74, 6) is 2.00. The standard InChI is InChI=1S/C19H20O2S2/c1-3-8-22-16-10-14(20)19-15(21)11-17(23-9-4-2)13-7-5-6-12(16)18(13)19/h5-7,10-11,20H,3-4,8-9H2,1-2H3. The number of aromatic hydroxyl groups is 1. The van der Waals surface area contributed by atoms with E-state index in [9.17, 15) is 9.90 Å². The minimum atomic E-state index is -0.0863. The van der Waals surface area contributed by atoms with E-state index in [-0.39, 0.29) is 11.5 Å². The second kappa shape index (κ2) is 7.02. The van der Waals surface area contributed by atoms with Crippen molar-refractivity contribution >= 4 is 45.0 Å². The van der Waals surface area contributed by atoms with E-state index in [2.05, 4.69) is 26.0 Å². The van der Waals surface area contributed by atoms with E-state index in [1.54, 1.807) is 35.7 Å². The van der Waals surface area contributed by atoms with E-state index in [1.807, 2.05) is 6.07 Å². The first-order valence-corrected chi connectivity index (χ1v) is 9.95. The fraction of sp³-hybridized carbons (Fsp3) is 0.316. The molecule has 0 saturated carbocycles. The maximum atomic E-state index is 12.5. The minimum Gasteiger partial charge on any atom is -0.507 e. The largest absolute Gasteiger partial charge is 0.507 e. The number of thioether (sulfide) groups is 2. The summed E-state index contributed by atoms with van der Waals surface area (Å²) >= 11 is 3.46. The van der Waals surface area contributed by atoms with E-state index in [1.165, 1.54) is 0 Å². The molecule has 2 nitrogen and oxygen atoms in total. The van der Waals surface area contributed by atoms with Crippen LogP contribution in [0.4, 0.5) is 0 Å². The summed E-state index contributed by atoms with van der Waals surface area (Å²) in [4.78, 5) is 14.6. The van der Waals surface area contributed by atoms with Gasteiger partial charge in [-0.3, -0.25) is 4.79 Å². The average molecular weight is 345 g/mol. The number of phenols is 1. The molecule has 0 saturated heterocycles. The molecule has 1 N–H and O–H groups in total. The predicted octanol–water partition coefficient (Wildman–Crippen LogP) is 5.73. The molecule has 0 heterocycles. The lowest BCUT2D eigenvalue weighted by atomic mass is 9.91. The van der Waals surface area contributed by atoms with Crippen LogP contribution in [0.25, 0.3) is 15.7 Å². The summed E-state index contributed by atoms with van der Waals surface area (Å²) in [7, 11) is 0. The minimum absolute atomic E-state index is 0.0863. The quantitative estimate of drug-likeness (QED) is 0.679. The highest BCUT2D eigenvalue weighted by atomic mass is 32.2. The third-order valence-electron chi connectivity index (χ3n) is 3.80. The zero-order valence-electron chi connectivity index (χ0n) is 13.4. The lowest BCUT2D eigenvalue weighted by molar-refractivity contribution is 0.104. The van der Waals surface area contributed by atoms with E-state index < -0.39 is 0 Å². The Kier molecular flexibility index (Phi) is 5.02. The molecule has 0 radical (unpaired) electrons. The van der Waals surface area contributed by atoms with E-state index in [4.69, 9.17) is 0 Å². The SMILES string of the molecule is CCCSC1=CC(=O)c2c(O)cc(SCCC)c3cccc1c23. The zero-order chi connectivity index (χ0) is 16.4. The van der Waals surface area contributed by atoms with Gasteiger partial charge in [0.1, 0.15) is 5.75 Å². The van der Waals surface area contributed by atoms with Gasteiger partial charge in [-0.15, -0.1) is 23.5 Å². The third-order valence-corrected chi connectivity index (χ3v) is 6.32. The van der Waals surface area contributed by atoms with Crippen molar-refractivity contribution in [2.24, 2.45) is 0 Å². The topological polar surface area (TPSA) is 37.3 Å². The van der Waals surface area contributed by atoms with Crippen molar-refractivity contribution in [1.82, 2.24) is 0 Å². The van der Waals surface area contributed by atoms with Crippen molar-refractivity contribution in [3.05, 3.63) is 41.5 Å². The maximum Gasteiger partial charge on any atom is 0.191 e. The van der Waals surface area contributed by atoms with Crippen LogP contribution in [0.1, 0.15) is 42.6 Å². The number of allylic oxidation sites excluding steroid dienone is 1. The number of benzene rings is 2. The van der Waals surface area contributed by atoms with E-state index in [0.717, 1.165) is 50.5 Å². The monoisotopic (exact) mass is 344 g/mol. The summed E-state index contributed by atoms with van der Waals surface area (Å²) in [6.45, 7) is 4.28. The van der Waals surface area contributed by atoms with Crippen molar-refractivity contribution in [3.8, 4) is 5.75 Å². The van der Waals surface area contributed by atoms with Crippen molar-refractivity contribution in [3.63, 3.8) is 0 Å². The first-order chi connectivity index (χ1) is 11.2. The highest BCUT2D eigenvalue weighted by molar-refractivity contribution is 8.08. The van der Waals surface area contributed by atoms with Crippen molar-refractivity contribution in [2.45, 2.75) is 31.6 Å². The van der Waals surface area contributed by atoms with Gasteiger partial charge in [0.15, 0.2) is 5.78 Å². The Balaban J connectivity index is 2.22. The van der Waals surface area contributed by atoms with E-state index >= 15 is 0 Å². The Bertz CT molecular complexity index is 794. The molecule has 3 rings (SSSR count). The van der Waals surface area contributed by atoms with Gasteiger partial charge in [0.05, 0.1) is 5.56 Å². The lowest BCUT2D eigenvalue weighted by Gasteiger charge is -2.20. The van der Waals surface area contributed by atoms with Gasteiger partial charge in [-0.2, -0.15) is 0 Å². The third kappa shape index (κ3) is 3.02. The van der Waals surface area contributed by atoms with Gasteiger partial charge in [-0.1, -0.05) is 32.0 Å². The number of ketones is 1. The second-order valence-corrected chi connectivity index (χ2v) is 7.84. The molecule has 2 aromatic carbocycles. The van der Waals surface area contributed by atoms with Crippen LogP contribution in [-0.2, 0) is 0 Å². The van der Waals surface area contributed by atoms with Crippen molar-refractivity contribution < 1.29 is 9.90 Å². The first kappa shape index (κ1) is 16.5. The molecule has 23 heavy (non-hydrogen) atoms. The van der Waals surface area contributed by atoms with Gasteiger partial charge >= 0.3 is 0 Å². The van der Waals surface area contributed by atoms with Crippen LogP contribution >= 0.6 is 23.5 Å². The molecule has 4 heteroatoms. The molecule has 0 atom stereocenters. The average Bonchev–Trinajstić information content (AvgIpc) is 2.55. The molecular formula is C19H20O2S2. The van der Waals surface area contributed by atoms with Gasteiger partial charge in [0.2, 0.25) is 0 Å². The number of hydrogen-bond donors (Lipinski definition) is 1. The van der Waals surface area contributed by atoms with Gasteiger partial charge in [0.25, 0.3) is 0 Å². The fourth-order valence-electron chi connectivity index (χ4n) is 2.82. The molecule has 0 aromatic heterocycles. The Morgan fingerprint density at radius 1 is 1.09 bits per heavy atom. The lowest BCUT2D eigenvalue weighted by Crippen LogP contribution is -2.06.